The van der Waals surface area contributed by atoms with Crippen LogP contribution in [-0.4, -0.2) is 43.0 Å². The minimum absolute atomic E-state index is 0.00454. The van der Waals surface area contributed by atoms with Crippen molar-refractivity contribution in [3.8, 4) is 0 Å². The molecule has 1 unspecified atom stereocenters. The number of furan rings is 1. The van der Waals surface area contributed by atoms with Crippen LogP contribution in [0, 0.1) is 5.92 Å². The predicted molar refractivity (Wildman–Crippen MR) is 98.9 cm³/mol. The van der Waals surface area contributed by atoms with E-state index in [4.69, 9.17) is 9.15 Å². The van der Waals surface area contributed by atoms with Crippen molar-refractivity contribution in [1.29, 1.82) is 0 Å². The SMILES string of the molecule is CC1CCc2c(sc(NC(=O)c3ccco3)c2C(=O)N2CCOCC2)C1. The molecule has 2 amide bonds. The number of carbonyl (C=O) groups excluding carboxylic acids is 2. The Kier molecular flexibility index (Phi) is 4.82. The lowest BCUT2D eigenvalue weighted by atomic mass is 9.88. The van der Waals surface area contributed by atoms with Crippen LogP contribution in [0.4, 0.5) is 5.00 Å². The van der Waals surface area contributed by atoms with Crippen molar-refractivity contribution in [2.45, 2.75) is 26.2 Å². The highest BCUT2D eigenvalue weighted by molar-refractivity contribution is 7.17. The average Bonchev–Trinajstić information content (AvgIpc) is 3.29. The summed E-state index contributed by atoms with van der Waals surface area (Å²) in [4.78, 5) is 28.7. The number of anilines is 1. The van der Waals surface area contributed by atoms with Crippen molar-refractivity contribution in [2.75, 3.05) is 31.6 Å². The predicted octanol–water partition coefficient (Wildman–Crippen LogP) is 3.19. The Morgan fingerprint density at radius 2 is 2.12 bits per heavy atom. The Morgan fingerprint density at radius 1 is 1.31 bits per heavy atom. The lowest BCUT2D eigenvalue weighted by molar-refractivity contribution is 0.0303. The zero-order valence-corrected chi connectivity index (χ0v) is 15.6. The van der Waals surface area contributed by atoms with Gasteiger partial charge in [0, 0.05) is 18.0 Å². The van der Waals surface area contributed by atoms with E-state index in [0.717, 1.165) is 24.8 Å². The first-order chi connectivity index (χ1) is 12.6. The van der Waals surface area contributed by atoms with Crippen molar-refractivity contribution in [2.24, 2.45) is 5.92 Å². The summed E-state index contributed by atoms with van der Waals surface area (Å²) in [5, 5.41) is 3.55. The van der Waals surface area contributed by atoms with E-state index in [2.05, 4.69) is 12.2 Å². The molecule has 7 heteroatoms. The first kappa shape index (κ1) is 17.3. The van der Waals surface area contributed by atoms with E-state index in [9.17, 15) is 9.59 Å². The molecule has 1 atom stereocenters. The van der Waals surface area contributed by atoms with E-state index < -0.39 is 0 Å². The average molecular weight is 374 g/mol. The number of rotatable bonds is 3. The first-order valence-corrected chi connectivity index (χ1v) is 9.81. The maximum Gasteiger partial charge on any atom is 0.291 e. The van der Waals surface area contributed by atoms with Crippen LogP contribution in [0.5, 0.6) is 0 Å². The second-order valence-electron chi connectivity index (χ2n) is 6.89. The van der Waals surface area contributed by atoms with E-state index in [1.165, 1.54) is 22.5 Å². The van der Waals surface area contributed by atoms with Crippen molar-refractivity contribution in [3.63, 3.8) is 0 Å². The molecule has 2 aliphatic rings. The van der Waals surface area contributed by atoms with Crippen LogP contribution in [0.3, 0.4) is 0 Å². The van der Waals surface area contributed by atoms with Crippen LogP contribution in [-0.2, 0) is 17.6 Å². The molecule has 0 radical (unpaired) electrons. The second-order valence-corrected chi connectivity index (χ2v) is 8.00. The molecule has 1 N–H and O–H groups in total. The van der Waals surface area contributed by atoms with Crippen LogP contribution in [0.25, 0.3) is 0 Å². The number of amides is 2. The van der Waals surface area contributed by atoms with Gasteiger partial charge in [-0.05, 0) is 42.9 Å². The van der Waals surface area contributed by atoms with Gasteiger partial charge in [-0.2, -0.15) is 0 Å². The smallest absolute Gasteiger partial charge is 0.291 e. The summed E-state index contributed by atoms with van der Waals surface area (Å²) >= 11 is 1.53. The largest absolute Gasteiger partial charge is 0.459 e. The summed E-state index contributed by atoms with van der Waals surface area (Å²) in [5.41, 5.74) is 1.78. The van der Waals surface area contributed by atoms with Gasteiger partial charge < -0.3 is 19.4 Å². The third-order valence-electron chi connectivity index (χ3n) is 5.00. The van der Waals surface area contributed by atoms with Crippen LogP contribution in [0.15, 0.2) is 22.8 Å². The van der Waals surface area contributed by atoms with Crippen molar-refractivity contribution < 1.29 is 18.7 Å². The summed E-state index contributed by atoms with van der Waals surface area (Å²) < 4.78 is 10.5. The number of fused-ring (bicyclic) bond motifs is 1. The molecule has 0 saturated carbocycles. The Labute approximate surface area is 156 Å². The summed E-state index contributed by atoms with van der Waals surface area (Å²) in [6, 6.07) is 3.30. The van der Waals surface area contributed by atoms with Gasteiger partial charge in [0.2, 0.25) is 0 Å². The van der Waals surface area contributed by atoms with Gasteiger partial charge in [-0.3, -0.25) is 9.59 Å². The second kappa shape index (κ2) is 7.25. The maximum absolute atomic E-state index is 13.2. The number of nitrogens with zero attached hydrogens (tertiary/aromatic N) is 1. The molecule has 1 saturated heterocycles. The molecule has 2 aromatic rings. The highest BCUT2D eigenvalue weighted by atomic mass is 32.1. The molecule has 2 aromatic heterocycles. The van der Waals surface area contributed by atoms with Gasteiger partial charge in [0.15, 0.2) is 5.76 Å². The normalized spacial score (nSPS) is 19.9. The standard InChI is InChI=1S/C19H22N2O4S/c1-12-4-5-13-15(11-12)26-18(20-17(22)14-3-2-8-25-14)16(13)19(23)21-6-9-24-10-7-21/h2-3,8,12H,4-7,9-11H2,1H3,(H,20,22). The number of nitrogens with one attached hydrogen (secondary N) is 1. The first-order valence-electron chi connectivity index (χ1n) is 9.00. The zero-order chi connectivity index (χ0) is 18.1. The minimum Gasteiger partial charge on any atom is -0.459 e. The third-order valence-corrected chi connectivity index (χ3v) is 6.17. The van der Waals surface area contributed by atoms with Gasteiger partial charge in [0.1, 0.15) is 5.00 Å². The Hall–Kier alpha value is -2.12. The van der Waals surface area contributed by atoms with Gasteiger partial charge >= 0.3 is 0 Å². The maximum atomic E-state index is 13.2. The van der Waals surface area contributed by atoms with Gasteiger partial charge in [-0.15, -0.1) is 11.3 Å². The van der Waals surface area contributed by atoms with E-state index in [-0.39, 0.29) is 17.6 Å². The number of morpholine rings is 1. The molecule has 6 nitrogen and oxygen atoms in total. The van der Waals surface area contributed by atoms with E-state index in [0.29, 0.717) is 42.8 Å². The van der Waals surface area contributed by atoms with Crippen molar-refractivity contribution in [1.82, 2.24) is 4.90 Å². The molecule has 26 heavy (non-hydrogen) atoms. The topological polar surface area (TPSA) is 71.8 Å². The highest BCUT2D eigenvalue weighted by Crippen LogP contribution is 2.40. The molecule has 138 valence electrons. The fourth-order valence-corrected chi connectivity index (χ4v) is 4.96. The Balaban J connectivity index is 1.68. The molecular formula is C19H22N2O4S. The monoisotopic (exact) mass is 374 g/mol. The quantitative estimate of drug-likeness (QED) is 0.896. The molecule has 0 spiro atoms. The van der Waals surface area contributed by atoms with Crippen LogP contribution in [0.2, 0.25) is 0 Å². The number of thiophene rings is 1. The van der Waals surface area contributed by atoms with Crippen LogP contribution >= 0.6 is 11.3 Å². The van der Waals surface area contributed by atoms with Gasteiger partial charge in [-0.25, -0.2) is 0 Å². The third kappa shape index (κ3) is 3.29. The van der Waals surface area contributed by atoms with E-state index >= 15 is 0 Å². The molecule has 4 rings (SSSR count). The van der Waals surface area contributed by atoms with Crippen LogP contribution < -0.4 is 5.32 Å². The molecule has 1 fully saturated rings. The number of ether oxygens (including phenoxy) is 1. The summed E-state index contributed by atoms with van der Waals surface area (Å²) in [6.07, 6.45) is 4.38. The lowest BCUT2D eigenvalue weighted by Crippen LogP contribution is -2.41. The fraction of sp³-hybridized carbons (Fsp3) is 0.474. The fourth-order valence-electron chi connectivity index (χ4n) is 3.56. The van der Waals surface area contributed by atoms with Gasteiger partial charge in [0.25, 0.3) is 11.8 Å². The molecule has 1 aliphatic carbocycles. The summed E-state index contributed by atoms with van der Waals surface area (Å²) in [5.74, 6) is 0.517. The van der Waals surface area contributed by atoms with E-state index in [1.807, 2.05) is 4.90 Å². The van der Waals surface area contributed by atoms with Gasteiger partial charge in [0.05, 0.1) is 25.0 Å². The molecule has 3 heterocycles. The van der Waals surface area contributed by atoms with Crippen molar-refractivity contribution in [3.05, 3.63) is 40.2 Å². The molecule has 0 aromatic carbocycles. The molecular weight excluding hydrogens is 352 g/mol. The Bertz CT molecular complexity index is 806. The van der Waals surface area contributed by atoms with E-state index in [1.54, 1.807) is 12.1 Å². The van der Waals surface area contributed by atoms with Crippen LogP contribution in [0.1, 0.15) is 44.7 Å². The minimum atomic E-state index is -0.322. The lowest BCUT2D eigenvalue weighted by Gasteiger charge is -2.28. The highest BCUT2D eigenvalue weighted by Gasteiger charge is 2.31. The molecule has 1 aliphatic heterocycles. The van der Waals surface area contributed by atoms with Gasteiger partial charge in [-0.1, -0.05) is 6.92 Å². The zero-order valence-electron chi connectivity index (χ0n) is 14.7. The summed E-state index contributed by atoms with van der Waals surface area (Å²) in [7, 11) is 0. The number of carbonyl (C=O) groups is 2. The number of hydrogen-bond acceptors (Lipinski definition) is 5. The summed E-state index contributed by atoms with van der Waals surface area (Å²) in [6.45, 7) is 4.52. The number of hydrogen-bond donors (Lipinski definition) is 1. The molecule has 0 bridgehead atoms. The Morgan fingerprint density at radius 3 is 2.85 bits per heavy atom. The van der Waals surface area contributed by atoms with Crippen molar-refractivity contribution >= 4 is 28.2 Å².